The van der Waals surface area contributed by atoms with E-state index in [9.17, 15) is 0 Å². The number of hydrogen-bond acceptors (Lipinski definition) is 9. The van der Waals surface area contributed by atoms with Crippen molar-refractivity contribution in [1.82, 2.24) is 4.90 Å². The molecule has 1 atom stereocenters. The molecule has 4 aromatic carbocycles. The molecule has 0 saturated heterocycles. The molecule has 1 unspecified atom stereocenters. The Hall–Kier alpha value is -4.75. The molecule has 0 spiro atoms. The molecule has 0 radical (unpaired) electrons. The van der Waals surface area contributed by atoms with Gasteiger partial charge in [-0.2, -0.15) is 4.57 Å². The van der Waals surface area contributed by atoms with Gasteiger partial charge < -0.3 is 78.8 Å². The topological polar surface area (TPSA) is 81.0 Å². The summed E-state index contributed by atoms with van der Waals surface area (Å²) in [5.41, 5.74) is 9.55. The van der Waals surface area contributed by atoms with Gasteiger partial charge in [-0.3, -0.25) is 6.58 Å². The summed E-state index contributed by atoms with van der Waals surface area (Å²) in [7, 11) is 6.69. The minimum absolute atomic E-state index is 0. The maximum atomic E-state index is 5.71. The van der Waals surface area contributed by atoms with Crippen molar-refractivity contribution in [1.29, 1.82) is 0 Å². The second kappa shape index (κ2) is 19.3. The largest absolute Gasteiger partial charge is 2.00 e. The summed E-state index contributed by atoms with van der Waals surface area (Å²) in [6, 6.07) is 18.7. The van der Waals surface area contributed by atoms with E-state index in [1.54, 1.807) is 28.4 Å². The first-order valence-electron chi connectivity index (χ1n) is 17.7. The summed E-state index contributed by atoms with van der Waals surface area (Å²) in [5, 5.41) is 2.17. The van der Waals surface area contributed by atoms with Crippen molar-refractivity contribution in [2.75, 3.05) is 48.6 Å². The van der Waals surface area contributed by atoms with Crippen LogP contribution in [0.15, 0.2) is 80.0 Å². The Labute approximate surface area is 373 Å². The van der Waals surface area contributed by atoms with Crippen molar-refractivity contribution in [3.63, 3.8) is 0 Å². The minimum atomic E-state index is 0. The molecule has 10 nitrogen and oxygen atoms in total. The zero-order valence-corrected chi connectivity index (χ0v) is 36.1. The molecule has 6 heterocycles. The molecule has 10 rings (SSSR count). The number of aryl methyl sites for hydroxylation is 2. The van der Waals surface area contributed by atoms with Crippen molar-refractivity contribution in [3.05, 3.63) is 114 Å². The van der Waals surface area contributed by atoms with E-state index in [0.29, 0.717) is 6.79 Å². The second-order valence-electron chi connectivity index (χ2n) is 13.1. The summed E-state index contributed by atoms with van der Waals surface area (Å²) >= 11 is 0. The molecule has 0 fully saturated rings. The molecule has 1 aromatic heterocycles. The van der Waals surface area contributed by atoms with Gasteiger partial charge in [-0.05, 0) is 77.0 Å². The molecule has 13 heteroatoms. The molecule has 0 saturated carbocycles. The average molecular weight is 883 g/mol. The van der Waals surface area contributed by atoms with Gasteiger partial charge in [0.2, 0.25) is 19.3 Å². The second-order valence-corrected chi connectivity index (χ2v) is 13.1. The van der Waals surface area contributed by atoms with Gasteiger partial charge in [0.15, 0.2) is 58.7 Å². The monoisotopic (exact) mass is 880 g/mol. The van der Waals surface area contributed by atoms with Gasteiger partial charge in [0.1, 0.15) is 0 Å². The first kappa shape index (κ1) is 45.9. The van der Waals surface area contributed by atoms with Crippen molar-refractivity contribution in [2.24, 2.45) is 0 Å². The molecule has 58 heavy (non-hydrogen) atoms. The predicted octanol–water partition coefficient (Wildman–Crippen LogP) is 1.99. The van der Waals surface area contributed by atoms with E-state index in [4.69, 9.17) is 37.9 Å². The average Bonchev–Trinajstić information content (AvgIpc) is 3.89. The van der Waals surface area contributed by atoms with Crippen molar-refractivity contribution in [2.45, 2.75) is 32.9 Å². The van der Waals surface area contributed by atoms with E-state index >= 15 is 0 Å². The smallest absolute Gasteiger partial charge is 1.00 e. The van der Waals surface area contributed by atoms with Gasteiger partial charge in [0.05, 0.1) is 45.4 Å². The van der Waals surface area contributed by atoms with E-state index in [1.807, 2.05) is 18.2 Å². The van der Waals surface area contributed by atoms with Crippen LogP contribution < -0.4 is 71.9 Å². The quantitative estimate of drug-likeness (QED) is 0.114. The Morgan fingerprint density at radius 1 is 0.759 bits per heavy atom. The number of rotatable bonds is 5. The minimum Gasteiger partial charge on any atom is -1.00 e. The number of ether oxygens (including phenoxy) is 8. The van der Waals surface area contributed by atoms with E-state index in [1.165, 1.54) is 33.6 Å². The van der Waals surface area contributed by atoms with Crippen LogP contribution in [0, 0.1) is 6.58 Å². The Morgan fingerprint density at radius 3 is 1.93 bits per heavy atom. The normalized spacial score (nSPS) is 14.9. The van der Waals surface area contributed by atoms with E-state index < -0.39 is 0 Å². The van der Waals surface area contributed by atoms with Crippen molar-refractivity contribution in [3.8, 4) is 57.3 Å². The standard InChI is InChI=1S/C22H21NO4.C20H18NO4.C2H3.CH4.BrH.ClH.Mg/c1-4-16-21-14(5-6-18(24-2)22(21)25-3)9-17-15-11-20-19(26-12-27-20)10-13(15)7-8-23(16)17;1-22-17-4-3-12-7-16-14-9-19-18(24-11-25-19)8-13(14)5-6-21(16)10-15(12)20(17)23-2;1-2;;;;/h4-6,9-11,16H,1,7-8,12H2,2-3H3;3-4,7-10H,5-6,11H2,1-2H3;1H,2H2;1H4;2*1H;/q;+1;-1;;;;+2/p-2. The zero-order chi connectivity index (χ0) is 37.5. The molecular formula is C45H46BrClMgN2O8. The van der Waals surface area contributed by atoms with Gasteiger partial charge in [-0.15, -0.1) is 6.58 Å². The number of methoxy groups -OCH3 is 4. The van der Waals surface area contributed by atoms with Gasteiger partial charge in [-0.1, -0.05) is 19.6 Å². The van der Waals surface area contributed by atoms with Crippen LogP contribution >= 0.6 is 0 Å². The van der Waals surface area contributed by atoms with Crippen molar-refractivity contribution < 1.29 is 71.9 Å². The molecule has 0 aliphatic carbocycles. The molecule has 0 amide bonds. The number of aromatic nitrogens is 1. The van der Waals surface area contributed by atoms with Crippen LogP contribution in [0.5, 0.6) is 46.0 Å². The fourth-order valence-electron chi connectivity index (χ4n) is 8.11. The Bertz CT molecular complexity index is 2360. The number of nitrogens with zero attached hydrogens (tertiary/aromatic N) is 2. The maximum Gasteiger partial charge on any atom is 2.00 e. The predicted molar refractivity (Wildman–Crippen MR) is 218 cm³/mol. The summed E-state index contributed by atoms with van der Waals surface area (Å²) in [6.07, 6.45) is 8.25. The zero-order valence-electron chi connectivity index (χ0n) is 32.4. The number of hydrogen-bond donors (Lipinski definition) is 0. The number of halogens is 2. The van der Waals surface area contributed by atoms with Gasteiger partial charge in [0.25, 0.3) is 0 Å². The first-order chi connectivity index (χ1) is 26.5. The molecular weight excluding hydrogens is 836 g/mol. The van der Waals surface area contributed by atoms with Gasteiger partial charge in [0, 0.05) is 35.9 Å². The van der Waals surface area contributed by atoms with Crippen LogP contribution in [0.4, 0.5) is 0 Å². The van der Waals surface area contributed by atoms with Crippen LogP contribution in [0.25, 0.3) is 33.8 Å². The summed E-state index contributed by atoms with van der Waals surface area (Å²) < 4.78 is 46.8. The molecule has 300 valence electrons. The molecule has 5 aliphatic rings. The third kappa shape index (κ3) is 7.75. The summed E-state index contributed by atoms with van der Waals surface area (Å²) in [4.78, 5) is 2.38. The maximum absolute atomic E-state index is 5.71. The third-order valence-electron chi connectivity index (χ3n) is 10.6. The number of benzene rings is 4. The van der Waals surface area contributed by atoms with Crippen LogP contribution in [-0.2, 0) is 19.4 Å². The molecule has 5 aromatic rings. The van der Waals surface area contributed by atoms with Crippen LogP contribution in [0.1, 0.15) is 41.3 Å². The fourth-order valence-corrected chi connectivity index (χ4v) is 8.11. The summed E-state index contributed by atoms with van der Waals surface area (Å²) in [5.74, 6) is 6.34. The van der Waals surface area contributed by atoms with Crippen LogP contribution in [0.2, 0.25) is 0 Å². The van der Waals surface area contributed by atoms with Crippen LogP contribution in [0.3, 0.4) is 0 Å². The third-order valence-corrected chi connectivity index (χ3v) is 10.6. The van der Waals surface area contributed by atoms with Crippen LogP contribution in [-0.4, -0.2) is 76.5 Å². The van der Waals surface area contributed by atoms with Gasteiger partial charge >= 0.3 is 23.1 Å². The number of fused-ring (bicyclic) bond motifs is 10. The fraction of sp³-hybridized carbons (Fsp3) is 0.267. The van der Waals surface area contributed by atoms with Crippen molar-refractivity contribution >= 4 is 45.6 Å². The van der Waals surface area contributed by atoms with E-state index in [2.05, 4.69) is 83.9 Å². The Morgan fingerprint density at radius 2 is 1.33 bits per heavy atom. The van der Waals surface area contributed by atoms with E-state index in [-0.39, 0.29) is 72.7 Å². The Balaban J connectivity index is 0.000000231. The summed E-state index contributed by atoms with van der Waals surface area (Å²) in [6.45, 7) is 13.5. The molecule has 5 aliphatic heterocycles. The molecule has 0 N–H and O–H groups in total. The molecule has 0 bridgehead atoms. The number of pyridine rings is 1. The van der Waals surface area contributed by atoms with E-state index in [0.717, 1.165) is 93.8 Å². The van der Waals surface area contributed by atoms with Gasteiger partial charge in [-0.25, -0.2) is 0 Å². The SMILES string of the molecule is C.C=CC1c2c(ccc(OC)c2OC)C=C2c3cc4c(cc3CCN21)OCO4.COc1ccc2cc3[n+](cc2c1OC)CCc1cc2c(cc1-3)OCO2.[Br-].[CH-]=C.[Cl-].[Mg+2]. The Kier molecular flexibility index (Phi) is 15.3. The first-order valence-corrected chi connectivity index (χ1v) is 17.7.